The lowest BCUT2D eigenvalue weighted by atomic mass is 9.80. The fourth-order valence-corrected chi connectivity index (χ4v) is 3.24. The van der Waals surface area contributed by atoms with Gasteiger partial charge in [-0.05, 0) is 30.4 Å². The fraction of sp³-hybridized carbons (Fsp3) is 0.667. The van der Waals surface area contributed by atoms with Gasteiger partial charge in [-0.15, -0.1) is 0 Å². The van der Waals surface area contributed by atoms with Crippen LogP contribution in [-0.4, -0.2) is 29.6 Å². The van der Waals surface area contributed by atoms with Crippen molar-refractivity contribution in [2.75, 3.05) is 19.6 Å². The zero-order valence-corrected chi connectivity index (χ0v) is 13.3. The van der Waals surface area contributed by atoms with Crippen molar-refractivity contribution in [3.05, 3.63) is 35.9 Å². The molecule has 112 valence electrons. The first-order valence-corrected chi connectivity index (χ1v) is 7.85. The molecule has 1 heterocycles. The number of rotatable bonds is 4. The van der Waals surface area contributed by atoms with E-state index in [4.69, 9.17) is 0 Å². The summed E-state index contributed by atoms with van der Waals surface area (Å²) in [6, 6.07) is 10.0. The molecule has 1 aliphatic rings. The predicted octanol–water partition coefficient (Wildman–Crippen LogP) is 3.72. The van der Waals surface area contributed by atoms with Gasteiger partial charge in [0.2, 0.25) is 0 Å². The number of likely N-dealkylation sites (tertiary alicyclic amines) is 1. The topological polar surface area (TPSA) is 23.5 Å². The first kappa shape index (κ1) is 15.5. The molecule has 3 atom stereocenters. The molecule has 2 nitrogen and oxygen atoms in total. The average Bonchev–Trinajstić information content (AvgIpc) is 2.43. The minimum absolute atomic E-state index is 0.123. The van der Waals surface area contributed by atoms with Gasteiger partial charge in [0.1, 0.15) is 0 Å². The molecule has 20 heavy (non-hydrogen) atoms. The number of benzene rings is 1. The van der Waals surface area contributed by atoms with Gasteiger partial charge < -0.3 is 10.0 Å². The van der Waals surface area contributed by atoms with E-state index < -0.39 is 6.10 Å². The summed E-state index contributed by atoms with van der Waals surface area (Å²) in [4.78, 5) is 2.52. The fourth-order valence-electron chi connectivity index (χ4n) is 3.24. The van der Waals surface area contributed by atoms with Gasteiger partial charge in [0, 0.05) is 18.5 Å². The van der Waals surface area contributed by atoms with Crippen LogP contribution in [0.4, 0.5) is 0 Å². The van der Waals surface area contributed by atoms with Crippen molar-refractivity contribution >= 4 is 0 Å². The number of hydrogen-bond donors (Lipinski definition) is 1. The normalized spacial score (nSPS) is 26.4. The summed E-state index contributed by atoms with van der Waals surface area (Å²) in [7, 11) is 0. The molecule has 2 heteroatoms. The molecule has 1 aliphatic heterocycles. The lowest BCUT2D eigenvalue weighted by Crippen LogP contribution is -2.44. The van der Waals surface area contributed by atoms with Crippen LogP contribution in [0.2, 0.25) is 0 Å². The largest absolute Gasteiger partial charge is 0.388 e. The SMILES string of the molecule is CC1CCN(CC(C)(C)C(O)c2ccccc2)CC1C. The molecular weight excluding hydrogens is 246 g/mol. The summed E-state index contributed by atoms with van der Waals surface area (Å²) in [5.41, 5.74) is 0.901. The molecule has 3 unspecified atom stereocenters. The third kappa shape index (κ3) is 3.62. The van der Waals surface area contributed by atoms with Gasteiger partial charge in [-0.1, -0.05) is 58.0 Å². The maximum atomic E-state index is 10.7. The zero-order valence-electron chi connectivity index (χ0n) is 13.3. The Labute approximate surface area is 123 Å². The summed E-state index contributed by atoms with van der Waals surface area (Å²) < 4.78 is 0. The van der Waals surface area contributed by atoms with Gasteiger partial charge in [0.25, 0.3) is 0 Å². The lowest BCUT2D eigenvalue weighted by Gasteiger charge is -2.41. The lowest BCUT2D eigenvalue weighted by molar-refractivity contribution is 0.00499. The van der Waals surface area contributed by atoms with E-state index in [1.165, 1.54) is 6.42 Å². The highest BCUT2D eigenvalue weighted by molar-refractivity contribution is 5.19. The Morgan fingerprint density at radius 2 is 1.85 bits per heavy atom. The molecule has 1 saturated heterocycles. The Kier molecular flexibility index (Phi) is 4.87. The van der Waals surface area contributed by atoms with E-state index in [2.05, 4.69) is 32.6 Å². The first-order valence-electron chi connectivity index (χ1n) is 7.85. The maximum Gasteiger partial charge on any atom is 0.0853 e. The van der Waals surface area contributed by atoms with Gasteiger partial charge in [-0.25, -0.2) is 0 Å². The minimum atomic E-state index is -0.404. The van der Waals surface area contributed by atoms with Crippen LogP contribution in [0.25, 0.3) is 0 Å². The van der Waals surface area contributed by atoms with Crippen molar-refractivity contribution in [1.29, 1.82) is 0 Å². The highest BCUT2D eigenvalue weighted by atomic mass is 16.3. The molecule has 1 aromatic rings. The van der Waals surface area contributed by atoms with E-state index >= 15 is 0 Å². The van der Waals surface area contributed by atoms with Gasteiger partial charge in [-0.3, -0.25) is 0 Å². The Balaban J connectivity index is 2.00. The van der Waals surface area contributed by atoms with Crippen LogP contribution in [0.15, 0.2) is 30.3 Å². The summed E-state index contributed by atoms with van der Waals surface area (Å²) >= 11 is 0. The highest BCUT2D eigenvalue weighted by Crippen LogP contribution is 2.35. The molecule has 1 N–H and O–H groups in total. The standard InChI is InChI=1S/C18H29NO/c1-14-10-11-19(12-15(14)2)13-18(3,4)17(20)16-8-6-5-7-9-16/h5-9,14-15,17,20H,10-13H2,1-4H3. The van der Waals surface area contributed by atoms with Crippen molar-refractivity contribution in [2.45, 2.75) is 40.2 Å². The van der Waals surface area contributed by atoms with Crippen LogP contribution >= 0.6 is 0 Å². The Hall–Kier alpha value is -0.860. The Morgan fingerprint density at radius 1 is 1.20 bits per heavy atom. The van der Waals surface area contributed by atoms with E-state index in [1.54, 1.807) is 0 Å². The predicted molar refractivity (Wildman–Crippen MR) is 84.6 cm³/mol. The third-order valence-electron chi connectivity index (χ3n) is 4.90. The molecule has 0 amide bonds. The van der Waals surface area contributed by atoms with Crippen molar-refractivity contribution < 1.29 is 5.11 Å². The number of nitrogens with zero attached hydrogens (tertiary/aromatic N) is 1. The second-order valence-electron chi connectivity index (χ2n) is 7.28. The van der Waals surface area contributed by atoms with Crippen molar-refractivity contribution in [3.8, 4) is 0 Å². The van der Waals surface area contributed by atoms with E-state index in [9.17, 15) is 5.11 Å². The summed E-state index contributed by atoms with van der Waals surface area (Å²) in [5.74, 6) is 1.59. The quantitative estimate of drug-likeness (QED) is 0.905. The van der Waals surface area contributed by atoms with Crippen LogP contribution in [0, 0.1) is 17.3 Å². The van der Waals surface area contributed by atoms with Crippen LogP contribution in [0.5, 0.6) is 0 Å². The van der Waals surface area contributed by atoms with Crippen LogP contribution in [-0.2, 0) is 0 Å². The number of aliphatic hydroxyl groups is 1. The highest BCUT2D eigenvalue weighted by Gasteiger charge is 2.33. The molecule has 1 aromatic carbocycles. The summed E-state index contributed by atoms with van der Waals surface area (Å²) in [6.07, 6.45) is 0.872. The summed E-state index contributed by atoms with van der Waals surface area (Å²) in [5, 5.41) is 10.7. The second-order valence-corrected chi connectivity index (χ2v) is 7.28. The van der Waals surface area contributed by atoms with Crippen molar-refractivity contribution in [2.24, 2.45) is 17.3 Å². The molecule has 1 fully saturated rings. The smallest absolute Gasteiger partial charge is 0.0853 e. The first-order chi connectivity index (χ1) is 9.40. The van der Waals surface area contributed by atoms with Crippen molar-refractivity contribution in [3.63, 3.8) is 0 Å². The van der Waals surface area contributed by atoms with E-state index in [0.29, 0.717) is 0 Å². The maximum absolute atomic E-state index is 10.7. The van der Waals surface area contributed by atoms with E-state index in [0.717, 1.165) is 37.0 Å². The molecular formula is C18H29NO. The third-order valence-corrected chi connectivity index (χ3v) is 4.90. The van der Waals surface area contributed by atoms with Gasteiger partial charge in [0.15, 0.2) is 0 Å². The molecule has 2 rings (SSSR count). The molecule has 0 spiro atoms. The van der Waals surface area contributed by atoms with Gasteiger partial charge in [-0.2, -0.15) is 0 Å². The monoisotopic (exact) mass is 275 g/mol. The molecule has 0 aliphatic carbocycles. The van der Waals surface area contributed by atoms with Crippen LogP contribution in [0.1, 0.15) is 45.8 Å². The Morgan fingerprint density at radius 3 is 2.45 bits per heavy atom. The molecule has 0 radical (unpaired) electrons. The second kappa shape index (κ2) is 6.28. The zero-order chi connectivity index (χ0) is 14.8. The van der Waals surface area contributed by atoms with Crippen LogP contribution in [0.3, 0.4) is 0 Å². The number of hydrogen-bond acceptors (Lipinski definition) is 2. The van der Waals surface area contributed by atoms with E-state index in [1.807, 2.05) is 30.3 Å². The van der Waals surface area contributed by atoms with Crippen LogP contribution < -0.4 is 0 Å². The molecule has 0 aromatic heterocycles. The van der Waals surface area contributed by atoms with E-state index in [-0.39, 0.29) is 5.41 Å². The number of aliphatic hydroxyl groups excluding tert-OH is 1. The average molecular weight is 275 g/mol. The van der Waals surface area contributed by atoms with Crippen molar-refractivity contribution in [1.82, 2.24) is 4.90 Å². The van der Waals surface area contributed by atoms with Gasteiger partial charge in [0.05, 0.1) is 6.10 Å². The van der Waals surface area contributed by atoms with Gasteiger partial charge >= 0.3 is 0 Å². The minimum Gasteiger partial charge on any atom is -0.388 e. The molecule has 0 bridgehead atoms. The Bertz CT molecular complexity index is 415. The molecule has 0 saturated carbocycles. The number of piperidine rings is 1. The summed E-state index contributed by atoms with van der Waals surface area (Å²) in [6.45, 7) is 12.3.